The first-order valence-electron chi connectivity index (χ1n) is 9.07. The van der Waals surface area contributed by atoms with Gasteiger partial charge in [0, 0.05) is 48.4 Å². The Bertz CT molecular complexity index is 1040. The fourth-order valence-corrected chi connectivity index (χ4v) is 3.39. The van der Waals surface area contributed by atoms with Crippen molar-refractivity contribution in [2.24, 2.45) is 0 Å². The van der Waals surface area contributed by atoms with Gasteiger partial charge >= 0.3 is 6.18 Å². The molecule has 148 valence electrons. The van der Waals surface area contributed by atoms with Gasteiger partial charge in [0.05, 0.1) is 11.3 Å². The summed E-state index contributed by atoms with van der Waals surface area (Å²) in [5.74, 6) is 0. The highest BCUT2D eigenvalue weighted by atomic mass is 19.4. The van der Waals surface area contributed by atoms with E-state index < -0.39 is 17.5 Å². The van der Waals surface area contributed by atoms with Crippen LogP contribution in [0.2, 0.25) is 0 Å². The van der Waals surface area contributed by atoms with Crippen molar-refractivity contribution in [2.45, 2.75) is 18.3 Å². The molecular weight excluding hydrogens is 379 g/mol. The Labute approximate surface area is 166 Å². The Kier molecular flexibility index (Phi) is 4.84. The van der Waals surface area contributed by atoms with Crippen LogP contribution in [0.1, 0.15) is 16.8 Å². The summed E-state index contributed by atoms with van der Waals surface area (Å²) in [7, 11) is 0. The van der Waals surface area contributed by atoms with Crippen molar-refractivity contribution in [3.8, 4) is 11.3 Å². The zero-order chi connectivity index (χ0) is 20.5. The molecule has 1 atom stereocenters. The van der Waals surface area contributed by atoms with Crippen molar-refractivity contribution in [3.05, 3.63) is 96.1 Å². The van der Waals surface area contributed by atoms with Gasteiger partial charge in [0.2, 0.25) is 0 Å². The average Bonchev–Trinajstić information content (AvgIpc) is 2.67. The molecule has 1 aliphatic heterocycles. The van der Waals surface area contributed by atoms with Gasteiger partial charge in [-0.3, -0.25) is 9.97 Å². The highest BCUT2D eigenvalue weighted by Crippen LogP contribution is 2.39. The van der Waals surface area contributed by atoms with Crippen LogP contribution < -0.4 is 0 Å². The van der Waals surface area contributed by atoms with Crippen LogP contribution in [-0.4, -0.2) is 26.5 Å². The van der Waals surface area contributed by atoms with Crippen LogP contribution in [0.4, 0.5) is 13.2 Å². The molecule has 4 rings (SSSR count). The molecule has 0 saturated heterocycles. The van der Waals surface area contributed by atoms with Crippen molar-refractivity contribution < 1.29 is 18.3 Å². The van der Waals surface area contributed by atoms with Crippen molar-refractivity contribution >= 4 is 0 Å². The monoisotopic (exact) mass is 397 g/mol. The summed E-state index contributed by atoms with van der Waals surface area (Å²) in [4.78, 5) is 10.4. The fourth-order valence-electron chi connectivity index (χ4n) is 3.39. The molecule has 0 spiro atoms. The third kappa shape index (κ3) is 3.73. The molecule has 1 N–H and O–H groups in total. The lowest BCUT2D eigenvalue weighted by Gasteiger charge is -2.43. The molecule has 0 fully saturated rings. The molecule has 29 heavy (non-hydrogen) atoms. The van der Waals surface area contributed by atoms with Gasteiger partial charge in [-0.1, -0.05) is 24.3 Å². The summed E-state index contributed by atoms with van der Waals surface area (Å²) in [6.45, 7) is 0.514. The van der Waals surface area contributed by atoms with E-state index in [1.807, 2.05) is 12.1 Å². The number of hydrogen-bond acceptors (Lipinski definition) is 4. The van der Waals surface area contributed by atoms with Crippen molar-refractivity contribution in [3.63, 3.8) is 0 Å². The van der Waals surface area contributed by atoms with Crippen LogP contribution in [0.25, 0.3) is 11.3 Å². The third-order valence-corrected chi connectivity index (χ3v) is 4.92. The standard InChI is InChI=1S/C22H18F3N3O/c23-22(24,25)17-7-3-6-16(14-17)20-19(9-4-11-27-20)21(29,28-12-5-13-28)15-18-8-1-2-10-26-18/h1-12,14,29H,13,15H2. The predicted molar refractivity (Wildman–Crippen MR) is 102 cm³/mol. The normalized spacial score (nSPS) is 15.7. The molecule has 1 aliphatic rings. The van der Waals surface area contributed by atoms with E-state index in [4.69, 9.17) is 0 Å². The Balaban J connectivity index is 1.83. The van der Waals surface area contributed by atoms with E-state index >= 15 is 0 Å². The maximum absolute atomic E-state index is 13.2. The van der Waals surface area contributed by atoms with E-state index in [2.05, 4.69) is 9.97 Å². The number of aliphatic hydroxyl groups is 1. The Hall–Kier alpha value is -3.19. The molecule has 3 aromatic rings. The molecular formula is C22H18F3N3O. The molecule has 0 bridgehead atoms. The van der Waals surface area contributed by atoms with Gasteiger partial charge in [-0.05, 0) is 36.4 Å². The molecule has 3 heterocycles. The maximum Gasteiger partial charge on any atom is 0.416 e. The number of hydrogen-bond donors (Lipinski definition) is 1. The van der Waals surface area contributed by atoms with E-state index in [1.165, 1.54) is 12.3 Å². The third-order valence-electron chi connectivity index (χ3n) is 4.92. The second-order valence-corrected chi connectivity index (χ2v) is 6.83. The number of aromatic nitrogens is 2. The Morgan fingerprint density at radius 3 is 2.41 bits per heavy atom. The molecule has 4 nitrogen and oxygen atoms in total. The highest BCUT2D eigenvalue weighted by molar-refractivity contribution is 5.65. The fraction of sp³-hybridized carbons (Fsp3) is 0.182. The SMILES string of the molecule is OC(Cc1ccccn1)(c1cccnc1-c1cccc(C(F)(F)F)c1)N1C=CC1. The quantitative estimate of drug-likeness (QED) is 0.694. The second-order valence-electron chi connectivity index (χ2n) is 6.83. The summed E-state index contributed by atoms with van der Waals surface area (Å²) < 4.78 is 39.6. The zero-order valence-corrected chi connectivity index (χ0v) is 15.3. The van der Waals surface area contributed by atoms with Gasteiger partial charge in [0.1, 0.15) is 0 Å². The van der Waals surface area contributed by atoms with E-state index in [1.54, 1.807) is 47.6 Å². The maximum atomic E-state index is 13.2. The van der Waals surface area contributed by atoms with Crippen LogP contribution in [0.3, 0.4) is 0 Å². The lowest BCUT2D eigenvalue weighted by atomic mass is 9.90. The minimum Gasteiger partial charge on any atom is -0.366 e. The van der Waals surface area contributed by atoms with Gasteiger partial charge in [0.25, 0.3) is 0 Å². The van der Waals surface area contributed by atoms with E-state index in [0.29, 0.717) is 29.1 Å². The Morgan fingerprint density at radius 1 is 0.966 bits per heavy atom. The van der Waals surface area contributed by atoms with Gasteiger partial charge in [0.15, 0.2) is 5.72 Å². The molecule has 0 amide bonds. The molecule has 0 aliphatic carbocycles. The van der Waals surface area contributed by atoms with Crippen LogP contribution in [-0.2, 0) is 18.3 Å². The van der Waals surface area contributed by atoms with Crippen LogP contribution in [0.5, 0.6) is 0 Å². The number of alkyl halides is 3. The van der Waals surface area contributed by atoms with Crippen molar-refractivity contribution in [2.75, 3.05) is 6.54 Å². The van der Waals surface area contributed by atoms with Crippen LogP contribution >= 0.6 is 0 Å². The number of benzene rings is 1. The van der Waals surface area contributed by atoms with Crippen molar-refractivity contribution in [1.82, 2.24) is 14.9 Å². The van der Waals surface area contributed by atoms with E-state index in [9.17, 15) is 18.3 Å². The molecule has 1 unspecified atom stereocenters. The van der Waals surface area contributed by atoms with Crippen molar-refractivity contribution in [1.29, 1.82) is 0 Å². The summed E-state index contributed by atoms with van der Waals surface area (Å²) in [6, 6.07) is 13.7. The summed E-state index contributed by atoms with van der Waals surface area (Å²) in [5, 5.41) is 11.7. The second kappa shape index (κ2) is 7.33. The largest absolute Gasteiger partial charge is 0.416 e. The number of rotatable bonds is 5. The van der Waals surface area contributed by atoms with E-state index in [0.717, 1.165) is 12.1 Å². The van der Waals surface area contributed by atoms with E-state index in [-0.39, 0.29) is 6.42 Å². The van der Waals surface area contributed by atoms with Gasteiger partial charge < -0.3 is 10.0 Å². The summed E-state index contributed by atoms with van der Waals surface area (Å²) in [5.41, 5.74) is -0.579. The minimum absolute atomic E-state index is 0.163. The number of pyridine rings is 2. The number of halogens is 3. The molecule has 1 aromatic carbocycles. The van der Waals surface area contributed by atoms with Gasteiger partial charge in [-0.25, -0.2) is 0 Å². The molecule has 0 saturated carbocycles. The lowest BCUT2D eigenvalue weighted by Crippen LogP contribution is -2.48. The molecule has 0 radical (unpaired) electrons. The molecule has 2 aromatic heterocycles. The summed E-state index contributed by atoms with van der Waals surface area (Å²) >= 11 is 0. The number of nitrogens with zero attached hydrogens (tertiary/aromatic N) is 3. The average molecular weight is 397 g/mol. The van der Waals surface area contributed by atoms with Crippen LogP contribution in [0, 0.1) is 0 Å². The first-order chi connectivity index (χ1) is 13.9. The highest BCUT2D eigenvalue weighted by Gasteiger charge is 2.40. The summed E-state index contributed by atoms with van der Waals surface area (Å²) in [6.07, 6.45) is 2.49. The predicted octanol–water partition coefficient (Wildman–Crippen LogP) is 4.38. The van der Waals surface area contributed by atoms with Gasteiger partial charge in [-0.15, -0.1) is 0 Å². The zero-order valence-electron chi connectivity index (χ0n) is 15.3. The lowest BCUT2D eigenvalue weighted by molar-refractivity contribution is -0.137. The molecule has 7 heteroatoms. The first kappa shape index (κ1) is 19.1. The Morgan fingerprint density at radius 2 is 1.76 bits per heavy atom. The smallest absolute Gasteiger partial charge is 0.366 e. The topological polar surface area (TPSA) is 49.3 Å². The first-order valence-corrected chi connectivity index (χ1v) is 9.07. The minimum atomic E-state index is -4.46. The van der Waals surface area contributed by atoms with Crippen LogP contribution in [0.15, 0.2) is 79.3 Å². The van der Waals surface area contributed by atoms with Gasteiger partial charge in [-0.2, -0.15) is 13.2 Å².